The number of aliphatic hydroxyl groups is 1. The van der Waals surface area contributed by atoms with Crippen molar-refractivity contribution < 1.29 is 9.90 Å². The first-order valence-corrected chi connectivity index (χ1v) is 8.30. The number of aliphatic hydroxyl groups excluding tert-OH is 1. The van der Waals surface area contributed by atoms with Crippen molar-refractivity contribution in [2.45, 2.75) is 25.6 Å². The molecule has 0 saturated carbocycles. The van der Waals surface area contributed by atoms with Crippen molar-refractivity contribution in [2.24, 2.45) is 0 Å². The molecule has 1 fully saturated rings. The van der Waals surface area contributed by atoms with Crippen LogP contribution >= 0.6 is 11.3 Å². The third-order valence-corrected chi connectivity index (χ3v) is 4.45. The standard InChI is InChI=1S/C16H19N3O2S/c20-14-5-6-19(9-14)8-13-4-2-1-3-12(13)7-17-16(21)15-10-22-11-18-15/h1-4,10-11,14,20H,5-9H2,(H,17,21). The Balaban J connectivity index is 1.62. The first kappa shape index (κ1) is 15.1. The van der Waals surface area contributed by atoms with E-state index in [9.17, 15) is 9.90 Å². The molecule has 5 nitrogen and oxygen atoms in total. The molecule has 2 N–H and O–H groups in total. The van der Waals surface area contributed by atoms with Crippen molar-refractivity contribution in [1.29, 1.82) is 0 Å². The number of aromatic nitrogens is 1. The Labute approximate surface area is 133 Å². The van der Waals surface area contributed by atoms with Gasteiger partial charge in [0.15, 0.2) is 0 Å². The van der Waals surface area contributed by atoms with Crippen LogP contribution in [0.5, 0.6) is 0 Å². The van der Waals surface area contributed by atoms with Crippen LogP contribution in [0.25, 0.3) is 0 Å². The summed E-state index contributed by atoms with van der Waals surface area (Å²) in [5, 5.41) is 14.3. The second-order valence-electron chi connectivity index (χ2n) is 5.50. The minimum atomic E-state index is -0.212. The molecule has 1 amide bonds. The molecule has 1 aliphatic rings. The number of nitrogens with zero attached hydrogens (tertiary/aromatic N) is 2. The molecule has 0 spiro atoms. The Morgan fingerprint density at radius 2 is 2.23 bits per heavy atom. The highest BCUT2D eigenvalue weighted by Crippen LogP contribution is 2.16. The zero-order valence-electron chi connectivity index (χ0n) is 12.2. The van der Waals surface area contributed by atoms with Crippen molar-refractivity contribution in [3.63, 3.8) is 0 Å². The van der Waals surface area contributed by atoms with Gasteiger partial charge in [0.25, 0.3) is 5.91 Å². The van der Waals surface area contributed by atoms with Gasteiger partial charge < -0.3 is 10.4 Å². The van der Waals surface area contributed by atoms with Crippen LogP contribution in [0.2, 0.25) is 0 Å². The number of rotatable bonds is 5. The molecule has 1 aromatic carbocycles. The van der Waals surface area contributed by atoms with Crippen molar-refractivity contribution in [3.8, 4) is 0 Å². The lowest BCUT2D eigenvalue weighted by molar-refractivity contribution is 0.0946. The molecule has 0 bridgehead atoms. The van der Waals surface area contributed by atoms with E-state index in [0.717, 1.165) is 31.6 Å². The fourth-order valence-electron chi connectivity index (χ4n) is 2.67. The number of benzene rings is 1. The minimum Gasteiger partial charge on any atom is -0.392 e. The Morgan fingerprint density at radius 3 is 2.91 bits per heavy atom. The first-order chi connectivity index (χ1) is 10.7. The highest BCUT2D eigenvalue weighted by molar-refractivity contribution is 7.07. The Hall–Kier alpha value is -1.76. The summed E-state index contributed by atoms with van der Waals surface area (Å²) in [4.78, 5) is 18.2. The summed E-state index contributed by atoms with van der Waals surface area (Å²) in [5.41, 5.74) is 4.41. The second kappa shape index (κ2) is 7.00. The van der Waals surface area contributed by atoms with Gasteiger partial charge in [0.05, 0.1) is 11.6 Å². The van der Waals surface area contributed by atoms with Gasteiger partial charge in [-0.25, -0.2) is 4.98 Å². The van der Waals surface area contributed by atoms with Crippen LogP contribution in [-0.4, -0.2) is 40.1 Å². The molecular formula is C16H19N3O2S. The highest BCUT2D eigenvalue weighted by atomic mass is 32.1. The lowest BCUT2D eigenvalue weighted by Gasteiger charge is -2.17. The Bertz CT molecular complexity index is 630. The van der Waals surface area contributed by atoms with Crippen LogP contribution in [-0.2, 0) is 13.1 Å². The summed E-state index contributed by atoms with van der Waals surface area (Å²) in [6, 6.07) is 8.10. The van der Waals surface area contributed by atoms with E-state index in [1.54, 1.807) is 10.9 Å². The van der Waals surface area contributed by atoms with Crippen molar-refractivity contribution in [2.75, 3.05) is 13.1 Å². The van der Waals surface area contributed by atoms with E-state index in [1.807, 2.05) is 18.2 Å². The van der Waals surface area contributed by atoms with Gasteiger partial charge in [0, 0.05) is 31.6 Å². The summed E-state index contributed by atoms with van der Waals surface area (Å²) in [5.74, 6) is -0.146. The number of thiazole rings is 1. The molecule has 6 heteroatoms. The maximum atomic E-state index is 12.0. The molecule has 1 aromatic heterocycles. The van der Waals surface area contributed by atoms with Gasteiger partial charge in [-0.05, 0) is 17.5 Å². The molecule has 116 valence electrons. The van der Waals surface area contributed by atoms with E-state index in [-0.39, 0.29) is 12.0 Å². The minimum absolute atomic E-state index is 0.146. The van der Waals surface area contributed by atoms with Crippen LogP contribution in [0.15, 0.2) is 35.2 Å². The Morgan fingerprint density at radius 1 is 1.41 bits per heavy atom. The molecule has 1 aliphatic heterocycles. The van der Waals surface area contributed by atoms with Crippen LogP contribution in [0, 0.1) is 0 Å². The number of hydrogen-bond acceptors (Lipinski definition) is 5. The highest BCUT2D eigenvalue weighted by Gasteiger charge is 2.20. The van der Waals surface area contributed by atoms with E-state index in [2.05, 4.69) is 21.3 Å². The maximum absolute atomic E-state index is 12.0. The summed E-state index contributed by atoms with van der Waals surface area (Å²) < 4.78 is 0. The monoisotopic (exact) mass is 317 g/mol. The number of hydrogen-bond donors (Lipinski definition) is 2. The zero-order valence-corrected chi connectivity index (χ0v) is 13.1. The van der Waals surface area contributed by atoms with Crippen molar-refractivity contribution in [1.82, 2.24) is 15.2 Å². The van der Waals surface area contributed by atoms with E-state index in [1.165, 1.54) is 16.9 Å². The largest absolute Gasteiger partial charge is 0.392 e. The van der Waals surface area contributed by atoms with E-state index < -0.39 is 0 Å². The third-order valence-electron chi connectivity index (χ3n) is 3.86. The molecular weight excluding hydrogens is 298 g/mol. The molecule has 0 radical (unpaired) electrons. The van der Waals surface area contributed by atoms with E-state index in [0.29, 0.717) is 12.2 Å². The Kier molecular flexibility index (Phi) is 4.82. The molecule has 0 aliphatic carbocycles. The van der Waals surface area contributed by atoms with Crippen LogP contribution in [0.4, 0.5) is 0 Å². The fraction of sp³-hybridized carbons (Fsp3) is 0.375. The van der Waals surface area contributed by atoms with Gasteiger partial charge in [0.2, 0.25) is 0 Å². The molecule has 3 rings (SSSR count). The third kappa shape index (κ3) is 3.71. The van der Waals surface area contributed by atoms with Crippen LogP contribution < -0.4 is 5.32 Å². The van der Waals surface area contributed by atoms with Gasteiger partial charge in [-0.15, -0.1) is 11.3 Å². The van der Waals surface area contributed by atoms with Gasteiger partial charge in [-0.2, -0.15) is 0 Å². The lowest BCUT2D eigenvalue weighted by Crippen LogP contribution is -2.25. The average molecular weight is 317 g/mol. The van der Waals surface area contributed by atoms with Crippen LogP contribution in [0.3, 0.4) is 0 Å². The molecule has 1 unspecified atom stereocenters. The summed E-state index contributed by atoms with van der Waals surface area (Å²) in [6.07, 6.45) is 0.624. The number of β-amino-alcohol motifs (C(OH)–C–C–N with tert-alkyl or cyclic N) is 1. The van der Waals surface area contributed by atoms with Gasteiger partial charge in [-0.3, -0.25) is 9.69 Å². The fourth-order valence-corrected chi connectivity index (χ4v) is 3.20. The smallest absolute Gasteiger partial charge is 0.271 e. The van der Waals surface area contributed by atoms with Gasteiger partial charge in [0.1, 0.15) is 5.69 Å². The summed E-state index contributed by atoms with van der Waals surface area (Å²) in [6.45, 7) is 2.93. The molecule has 22 heavy (non-hydrogen) atoms. The van der Waals surface area contributed by atoms with Crippen molar-refractivity contribution >= 4 is 17.2 Å². The SMILES string of the molecule is O=C(NCc1ccccc1CN1CCC(O)C1)c1cscn1. The topological polar surface area (TPSA) is 65.5 Å². The number of nitrogens with one attached hydrogen (secondary N) is 1. The zero-order chi connectivity index (χ0) is 15.4. The van der Waals surface area contributed by atoms with Crippen molar-refractivity contribution in [3.05, 3.63) is 52.0 Å². The second-order valence-corrected chi connectivity index (χ2v) is 6.22. The number of carbonyl (C=O) groups excluding carboxylic acids is 1. The summed E-state index contributed by atoms with van der Waals surface area (Å²) >= 11 is 1.41. The van der Waals surface area contributed by atoms with Crippen LogP contribution in [0.1, 0.15) is 28.0 Å². The average Bonchev–Trinajstić information content (AvgIpc) is 3.18. The molecule has 2 heterocycles. The molecule has 2 aromatic rings. The molecule has 1 atom stereocenters. The molecule has 1 saturated heterocycles. The number of likely N-dealkylation sites (tertiary alicyclic amines) is 1. The predicted molar refractivity (Wildman–Crippen MR) is 85.6 cm³/mol. The number of amides is 1. The van der Waals surface area contributed by atoms with E-state index in [4.69, 9.17) is 0 Å². The summed E-state index contributed by atoms with van der Waals surface area (Å²) in [7, 11) is 0. The normalized spacial score (nSPS) is 18.5. The predicted octanol–water partition coefficient (Wildman–Crippen LogP) is 1.64. The van der Waals surface area contributed by atoms with Gasteiger partial charge >= 0.3 is 0 Å². The van der Waals surface area contributed by atoms with Gasteiger partial charge in [-0.1, -0.05) is 24.3 Å². The lowest BCUT2D eigenvalue weighted by atomic mass is 10.1. The number of carbonyl (C=O) groups is 1. The van der Waals surface area contributed by atoms with E-state index >= 15 is 0 Å². The maximum Gasteiger partial charge on any atom is 0.271 e. The quantitative estimate of drug-likeness (QED) is 0.880. The first-order valence-electron chi connectivity index (χ1n) is 7.36.